The fourth-order valence-corrected chi connectivity index (χ4v) is 7.73. The van der Waals surface area contributed by atoms with E-state index in [0.717, 1.165) is 14.2 Å². The van der Waals surface area contributed by atoms with Crippen LogP contribution in [0.2, 0.25) is 5.02 Å². The Morgan fingerprint density at radius 2 is 1.53 bits per heavy atom. The van der Waals surface area contributed by atoms with E-state index in [-0.39, 0.29) is 16.0 Å². The highest BCUT2D eigenvalue weighted by atomic mass is 35.5. The number of Topliss-reactive ketones (excluding diaryl/α,β-unsaturated/α-hetero) is 1. The number of nitrogens with one attached hydrogen (secondary N) is 1. The Balaban J connectivity index is 2.38. The third-order valence-corrected chi connectivity index (χ3v) is 9.86. The maximum absolute atomic E-state index is 13.7. The number of hydrogen-bond acceptors (Lipinski definition) is 6. The van der Waals surface area contributed by atoms with Gasteiger partial charge < -0.3 is 9.05 Å². The van der Waals surface area contributed by atoms with E-state index in [2.05, 4.69) is 4.72 Å². The molecule has 7 nitrogen and oxygen atoms in total. The molecule has 0 bridgehead atoms. The molecule has 30 heavy (non-hydrogen) atoms. The molecule has 0 radical (unpaired) electrons. The van der Waals surface area contributed by atoms with Gasteiger partial charge in [0.2, 0.25) is 15.8 Å². The molecule has 0 amide bonds. The summed E-state index contributed by atoms with van der Waals surface area (Å²) in [5, 5.41) is -3.03. The Morgan fingerprint density at radius 3 is 2.10 bits per heavy atom. The van der Waals surface area contributed by atoms with Gasteiger partial charge in [0.25, 0.3) is 0 Å². The molecule has 0 saturated carbocycles. The van der Waals surface area contributed by atoms with Crippen molar-refractivity contribution >= 4 is 58.2 Å². The molecule has 1 aliphatic rings. The summed E-state index contributed by atoms with van der Waals surface area (Å²) in [5.74, 6) is -0.655. The van der Waals surface area contributed by atoms with Crippen LogP contribution in [-0.2, 0) is 28.9 Å². The minimum atomic E-state index is -4.41. The summed E-state index contributed by atoms with van der Waals surface area (Å²) in [7, 11) is -6.66. The van der Waals surface area contributed by atoms with Crippen LogP contribution in [0.3, 0.4) is 0 Å². The molecule has 0 saturated heterocycles. The highest BCUT2D eigenvalue weighted by Gasteiger charge is 2.61. The summed E-state index contributed by atoms with van der Waals surface area (Å²) in [5.41, 5.74) is -0.0194. The van der Waals surface area contributed by atoms with Gasteiger partial charge in [0.1, 0.15) is 5.03 Å². The predicted molar refractivity (Wildman–Crippen MR) is 115 cm³/mol. The van der Waals surface area contributed by atoms with Gasteiger partial charge in [-0.2, -0.15) is 4.72 Å². The van der Waals surface area contributed by atoms with Gasteiger partial charge in [-0.25, -0.2) is 8.42 Å². The summed E-state index contributed by atoms with van der Waals surface area (Å²) in [6, 6.07) is 11.1. The lowest BCUT2D eigenvalue weighted by Crippen LogP contribution is -2.49. The molecule has 1 N–H and O–H groups in total. The number of ketones is 1. The molecule has 3 rings (SSSR count). The lowest BCUT2D eigenvalue weighted by atomic mass is 9.91. The van der Waals surface area contributed by atoms with Crippen molar-refractivity contribution in [3.8, 4) is 0 Å². The molecule has 0 fully saturated rings. The maximum Gasteiger partial charge on any atom is 0.361 e. The van der Waals surface area contributed by atoms with Crippen LogP contribution in [0.1, 0.15) is 15.9 Å². The van der Waals surface area contributed by atoms with Crippen LogP contribution in [-0.4, -0.2) is 28.4 Å². The van der Waals surface area contributed by atoms with Crippen LogP contribution in [0.4, 0.5) is 0 Å². The Morgan fingerprint density at radius 1 is 0.967 bits per heavy atom. The molecule has 2 aromatic carbocycles. The number of hydrogen-bond donors (Lipinski definition) is 1. The molecule has 12 heteroatoms. The predicted octanol–water partition coefficient (Wildman–Crippen LogP) is 4.84. The van der Waals surface area contributed by atoms with Crippen LogP contribution in [0.5, 0.6) is 0 Å². The fourth-order valence-electron chi connectivity index (χ4n) is 3.13. The van der Waals surface area contributed by atoms with Crippen molar-refractivity contribution in [2.45, 2.75) is 10.2 Å². The fraction of sp³-hybridized carbons (Fsp3) is 0.167. The molecular weight excluding hydrogens is 496 g/mol. The Kier molecular flexibility index (Phi) is 6.54. The Hall–Kier alpha value is -1.22. The van der Waals surface area contributed by atoms with Gasteiger partial charge in [0, 0.05) is 30.4 Å². The van der Waals surface area contributed by atoms with Crippen LogP contribution in [0.15, 0.2) is 63.5 Å². The van der Waals surface area contributed by atoms with Gasteiger partial charge in [-0.3, -0.25) is 9.36 Å². The van der Waals surface area contributed by atoms with Gasteiger partial charge in [-0.1, -0.05) is 59.1 Å². The second-order valence-electron chi connectivity index (χ2n) is 6.14. The zero-order chi connectivity index (χ0) is 22.3. The van der Waals surface area contributed by atoms with Crippen molar-refractivity contribution in [2.24, 2.45) is 0 Å². The van der Waals surface area contributed by atoms with Crippen molar-refractivity contribution in [3.63, 3.8) is 0 Å². The number of benzene rings is 2. The van der Waals surface area contributed by atoms with E-state index in [9.17, 15) is 17.8 Å². The first kappa shape index (κ1) is 23.4. The molecule has 0 aliphatic heterocycles. The average Bonchev–Trinajstić information content (AvgIpc) is 2.75. The molecular formula is C18H15Cl3NO6PS. The molecule has 1 atom stereocenters. The zero-order valence-electron chi connectivity index (χ0n) is 15.6. The van der Waals surface area contributed by atoms with Crippen molar-refractivity contribution < 1.29 is 26.8 Å². The Labute approximate surface area is 188 Å². The van der Waals surface area contributed by atoms with Crippen LogP contribution >= 0.6 is 42.4 Å². The Bertz CT molecular complexity index is 1190. The van der Waals surface area contributed by atoms with E-state index < -0.39 is 38.7 Å². The topological polar surface area (TPSA) is 98.8 Å². The normalized spacial score (nSPS) is 19.7. The van der Waals surface area contributed by atoms with E-state index in [0.29, 0.717) is 5.02 Å². The first-order chi connectivity index (χ1) is 14.0. The number of allylic oxidation sites excluding steroid dienone is 1. The van der Waals surface area contributed by atoms with Crippen molar-refractivity contribution in [1.29, 1.82) is 0 Å². The summed E-state index contributed by atoms with van der Waals surface area (Å²) < 4.78 is 52.8. The third kappa shape index (κ3) is 3.55. The van der Waals surface area contributed by atoms with Gasteiger partial charge in [0.15, 0.2) is 5.28 Å². The lowest BCUT2D eigenvalue weighted by molar-refractivity contribution is 0.103. The third-order valence-electron chi connectivity index (χ3n) is 4.57. The molecule has 2 aromatic rings. The molecule has 1 aliphatic carbocycles. The standard InChI is InChI=1S/C18H15Cl3NO6PS/c1-27-29(24,28-2)18(22-30(25,26)12-9-7-11(19)8-10-12)14-6-4-3-5-13(14)16(23)15(20)17(18)21/h3-10,22H,1-2H3. The number of carbonyl (C=O) groups excluding carboxylic acids is 1. The van der Waals surface area contributed by atoms with E-state index >= 15 is 0 Å². The van der Waals surface area contributed by atoms with Gasteiger partial charge in [0.05, 0.1) is 9.93 Å². The van der Waals surface area contributed by atoms with Crippen molar-refractivity contribution in [2.75, 3.05) is 14.2 Å². The van der Waals surface area contributed by atoms with E-state index in [4.69, 9.17) is 43.9 Å². The van der Waals surface area contributed by atoms with Gasteiger partial charge in [-0.15, -0.1) is 0 Å². The molecule has 160 valence electrons. The first-order valence-corrected chi connectivity index (χ1v) is 12.4. The van der Waals surface area contributed by atoms with E-state index in [1.54, 1.807) is 6.07 Å². The average molecular weight is 511 g/mol. The highest BCUT2D eigenvalue weighted by Crippen LogP contribution is 2.69. The van der Waals surface area contributed by atoms with Crippen LogP contribution in [0, 0.1) is 0 Å². The SMILES string of the molecule is COP(=O)(OC)C1(NS(=O)(=O)c2ccc(Cl)cc2)C(Cl)=C(Cl)C(=O)c2ccccc21. The molecule has 0 aromatic heterocycles. The van der Waals surface area contributed by atoms with Gasteiger partial charge >= 0.3 is 7.60 Å². The minimum absolute atomic E-state index is 0.0000288. The molecule has 0 spiro atoms. The number of halogens is 3. The van der Waals surface area contributed by atoms with Crippen LogP contribution in [0.25, 0.3) is 0 Å². The smallest absolute Gasteiger partial charge is 0.310 e. The molecule has 1 unspecified atom stereocenters. The largest absolute Gasteiger partial charge is 0.361 e. The minimum Gasteiger partial charge on any atom is -0.310 e. The lowest BCUT2D eigenvalue weighted by Gasteiger charge is -2.41. The second kappa shape index (κ2) is 8.37. The summed E-state index contributed by atoms with van der Waals surface area (Å²) >= 11 is 18.4. The summed E-state index contributed by atoms with van der Waals surface area (Å²) in [4.78, 5) is 12.5. The maximum atomic E-state index is 13.7. The molecule has 0 heterocycles. The quantitative estimate of drug-likeness (QED) is 0.558. The number of carbonyl (C=O) groups is 1. The van der Waals surface area contributed by atoms with Crippen molar-refractivity contribution in [1.82, 2.24) is 4.72 Å². The van der Waals surface area contributed by atoms with Crippen LogP contribution < -0.4 is 4.72 Å². The second-order valence-corrected chi connectivity index (χ2v) is 11.4. The van der Waals surface area contributed by atoms with Crippen molar-refractivity contribution in [3.05, 3.63) is 74.7 Å². The monoisotopic (exact) mass is 509 g/mol. The van der Waals surface area contributed by atoms with E-state index in [1.165, 1.54) is 42.5 Å². The van der Waals surface area contributed by atoms with E-state index in [1.807, 2.05) is 0 Å². The summed E-state index contributed by atoms with van der Waals surface area (Å²) in [6.07, 6.45) is 0. The number of rotatable bonds is 6. The summed E-state index contributed by atoms with van der Waals surface area (Å²) in [6.45, 7) is 0. The number of sulfonamides is 1. The highest BCUT2D eigenvalue weighted by molar-refractivity contribution is 7.90. The first-order valence-electron chi connectivity index (χ1n) is 8.25. The van der Waals surface area contributed by atoms with Gasteiger partial charge in [-0.05, 0) is 24.3 Å². The number of fused-ring (bicyclic) bond motifs is 1. The zero-order valence-corrected chi connectivity index (χ0v) is 19.5.